The Morgan fingerprint density at radius 3 is 2.37 bits per heavy atom. The van der Waals surface area contributed by atoms with E-state index in [0.29, 0.717) is 17.1 Å². The number of anilines is 2. The molecule has 146 valence electrons. The Hall–Kier alpha value is -1.76. The van der Waals surface area contributed by atoms with Crippen molar-refractivity contribution in [1.29, 1.82) is 0 Å². The van der Waals surface area contributed by atoms with Crippen molar-refractivity contribution < 1.29 is 13.2 Å². The first-order valence-electron chi connectivity index (χ1n) is 8.52. The maximum Gasteiger partial charge on any atom is 0.232 e. The second-order valence-electron chi connectivity index (χ2n) is 6.13. The quantitative estimate of drug-likeness (QED) is 0.659. The summed E-state index contributed by atoms with van der Waals surface area (Å²) in [5.74, 6) is -0.176. The van der Waals surface area contributed by atoms with Gasteiger partial charge in [-0.2, -0.15) is 0 Å². The van der Waals surface area contributed by atoms with Crippen LogP contribution in [0.2, 0.25) is 10.0 Å². The molecule has 1 amide bonds. The molecule has 27 heavy (non-hydrogen) atoms. The Kier molecular flexibility index (Phi) is 7.53. The van der Waals surface area contributed by atoms with Crippen LogP contribution in [0.15, 0.2) is 42.5 Å². The summed E-state index contributed by atoms with van der Waals surface area (Å²) in [7, 11) is -3.56. The Labute approximate surface area is 170 Å². The normalized spacial score (nSPS) is 11.3. The summed E-state index contributed by atoms with van der Waals surface area (Å²) in [6.07, 6.45) is 2.55. The lowest BCUT2D eigenvalue weighted by atomic mass is 10.1. The minimum absolute atomic E-state index is 0.126. The molecular formula is C19H22Cl2N2O3S. The molecule has 0 bridgehead atoms. The van der Waals surface area contributed by atoms with E-state index in [4.69, 9.17) is 23.2 Å². The van der Waals surface area contributed by atoms with E-state index in [1.165, 1.54) is 15.9 Å². The molecule has 0 saturated heterocycles. The van der Waals surface area contributed by atoms with Crippen molar-refractivity contribution in [3.8, 4) is 0 Å². The molecule has 2 aromatic carbocycles. The van der Waals surface area contributed by atoms with Crippen LogP contribution in [0.5, 0.6) is 0 Å². The van der Waals surface area contributed by atoms with E-state index in [2.05, 4.69) is 12.2 Å². The summed E-state index contributed by atoms with van der Waals surface area (Å²) >= 11 is 12.1. The Balaban J connectivity index is 1.99. The molecule has 0 atom stereocenters. The van der Waals surface area contributed by atoms with Crippen LogP contribution in [0.4, 0.5) is 11.4 Å². The smallest absolute Gasteiger partial charge is 0.232 e. The highest BCUT2D eigenvalue weighted by Gasteiger charge is 2.20. The van der Waals surface area contributed by atoms with Gasteiger partial charge < -0.3 is 5.32 Å². The van der Waals surface area contributed by atoms with Gasteiger partial charge in [0.05, 0.1) is 17.0 Å². The summed E-state index contributed by atoms with van der Waals surface area (Å²) in [5.41, 5.74) is 2.22. The number of carbonyl (C=O) groups excluding carboxylic acids is 1. The summed E-state index contributed by atoms with van der Waals surface area (Å²) in [6.45, 7) is 2.19. The van der Waals surface area contributed by atoms with Gasteiger partial charge in [-0.15, -0.1) is 0 Å². The first-order valence-corrected chi connectivity index (χ1v) is 11.1. The van der Waals surface area contributed by atoms with Gasteiger partial charge in [0.2, 0.25) is 15.9 Å². The molecule has 0 aliphatic carbocycles. The predicted octanol–water partition coefficient (Wildman–Crippen LogP) is 4.74. The number of aryl methyl sites for hydroxylation is 1. The molecule has 8 heteroatoms. The predicted molar refractivity (Wildman–Crippen MR) is 112 cm³/mol. The number of halogens is 2. The van der Waals surface area contributed by atoms with E-state index in [1.807, 2.05) is 24.3 Å². The van der Waals surface area contributed by atoms with Crippen LogP contribution in [0.25, 0.3) is 0 Å². The summed E-state index contributed by atoms with van der Waals surface area (Å²) in [4.78, 5) is 12.1. The van der Waals surface area contributed by atoms with Crippen LogP contribution in [0.1, 0.15) is 25.3 Å². The summed E-state index contributed by atoms with van der Waals surface area (Å²) in [5, 5.41) is 3.48. The largest absolute Gasteiger partial charge is 0.326 e. The molecule has 5 nitrogen and oxygen atoms in total. The number of hydrogen-bond acceptors (Lipinski definition) is 3. The third kappa shape index (κ3) is 6.41. The van der Waals surface area contributed by atoms with Crippen LogP contribution in [0.3, 0.4) is 0 Å². The molecule has 0 fully saturated rings. The van der Waals surface area contributed by atoms with Crippen molar-refractivity contribution in [3.05, 3.63) is 58.1 Å². The fourth-order valence-corrected chi connectivity index (χ4v) is 3.98. The number of carbonyl (C=O) groups is 1. The minimum atomic E-state index is -3.56. The van der Waals surface area contributed by atoms with Crippen molar-refractivity contribution >= 4 is 50.5 Å². The highest BCUT2D eigenvalue weighted by Crippen LogP contribution is 2.30. The SMILES string of the molecule is CCc1ccc(NC(=O)CCCN(c2cc(Cl)ccc2Cl)S(C)(=O)=O)cc1. The zero-order valence-electron chi connectivity index (χ0n) is 15.2. The highest BCUT2D eigenvalue weighted by atomic mass is 35.5. The number of benzene rings is 2. The van der Waals surface area contributed by atoms with Gasteiger partial charge in [-0.3, -0.25) is 9.10 Å². The van der Waals surface area contributed by atoms with Crippen molar-refractivity contribution in [2.24, 2.45) is 0 Å². The Bertz CT molecular complexity index is 900. The molecule has 0 unspecified atom stereocenters. The number of rotatable bonds is 8. The maximum atomic E-state index is 12.1. The third-order valence-electron chi connectivity index (χ3n) is 3.99. The zero-order valence-corrected chi connectivity index (χ0v) is 17.5. The zero-order chi connectivity index (χ0) is 20.0. The van der Waals surface area contributed by atoms with Crippen LogP contribution in [-0.2, 0) is 21.2 Å². The van der Waals surface area contributed by atoms with E-state index in [0.717, 1.165) is 18.4 Å². The molecule has 0 saturated carbocycles. The maximum absolute atomic E-state index is 12.1. The average Bonchev–Trinajstić information content (AvgIpc) is 2.61. The van der Waals surface area contributed by atoms with Gasteiger partial charge in [0.25, 0.3) is 0 Å². The molecule has 0 heterocycles. The number of amides is 1. The Morgan fingerprint density at radius 1 is 1.11 bits per heavy atom. The lowest BCUT2D eigenvalue weighted by Crippen LogP contribution is -2.31. The topological polar surface area (TPSA) is 66.5 Å². The molecule has 1 N–H and O–H groups in total. The standard InChI is InChI=1S/C19H22Cl2N2O3S/c1-3-14-6-9-16(10-7-14)22-19(24)5-4-12-23(27(2,25)26)18-13-15(20)8-11-17(18)21/h6-11,13H,3-5,12H2,1-2H3,(H,22,24). The van der Waals surface area contributed by atoms with Crippen LogP contribution < -0.4 is 9.62 Å². The van der Waals surface area contributed by atoms with Gasteiger partial charge in [-0.25, -0.2) is 8.42 Å². The van der Waals surface area contributed by atoms with E-state index < -0.39 is 10.0 Å². The van der Waals surface area contributed by atoms with Crippen LogP contribution in [0, 0.1) is 0 Å². The van der Waals surface area contributed by atoms with Crippen molar-refractivity contribution in [3.63, 3.8) is 0 Å². The molecular weight excluding hydrogens is 407 g/mol. The minimum Gasteiger partial charge on any atom is -0.326 e. The van der Waals surface area contributed by atoms with E-state index in [-0.39, 0.29) is 23.9 Å². The molecule has 2 aromatic rings. The first-order chi connectivity index (χ1) is 12.7. The van der Waals surface area contributed by atoms with Crippen LogP contribution >= 0.6 is 23.2 Å². The summed E-state index contributed by atoms with van der Waals surface area (Å²) in [6, 6.07) is 12.3. The fraction of sp³-hybridized carbons (Fsp3) is 0.316. The molecule has 0 aliphatic rings. The fourth-order valence-electron chi connectivity index (χ4n) is 2.57. The number of nitrogens with one attached hydrogen (secondary N) is 1. The molecule has 2 rings (SSSR count). The number of sulfonamides is 1. The second-order valence-corrected chi connectivity index (χ2v) is 8.88. The van der Waals surface area contributed by atoms with Crippen LogP contribution in [-0.4, -0.2) is 27.1 Å². The molecule has 0 radical (unpaired) electrons. The van der Waals surface area contributed by atoms with Gasteiger partial charge in [-0.05, 0) is 48.7 Å². The van der Waals surface area contributed by atoms with Crippen molar-refractivity contribution in [2.75, 3.05) is 22.4 Å². The first kappa shape index (κ1) is 21.5. The number of nitrogens with zero attached hydrogens (tertiary/aromatic N) is 1. The van der Waals surface area contributed by atoms with Gasteiger partial charge in [0.15, 0.2) is 0 Å². The Morgan fingerprint density at radius 2 is 1.78 bits per heavy atom. The van der Waals surface area contributed by atoms with Gasteiger partial charge in [0.1, 0.15) is 0 Å². The van der Waals surface area contributed by atoms with Crippen molar-refractivity contribution in [2.45, 2.75) is 26.2 Å². The van der Waals surface area contributed by atoms with Crippen molar-refractivity contribution in [1.82, 2.24) is 0 Å². The lowest BCUT2D eigenvalue weighted by molar-refractivity contribution is -0.116. The molecule has 0 spiro atoms. The molecule has 0 aliphatic heterocycles. The highest BCUT2D eigenvalue weighted by molar-refractivity contribution is 7.92. The van der Waals surface area contributed by atoms with E-state index in [1.54, 1.807) is 12.1 Å². The molecule has 0 aromatic heterocycles. The van der Waals surface area contributed by atoms with Gasteiger partial charge in [0, 0.05) is 23.7 Å². The van der Waals surface area contributed by atoms with Gasteiger partial charge >= 0.3 is 0 Å². The van der Waals surface area contributed by atoms with Gasteiger partial charge in [-0.1, -0.05) is 42.3 Å². The second kappa shape index (κ2) is 9.44. The van der Waals surface area contributed by atoms with E-state index in [9.17, 15) is 13.2 Å². The van der Waals surface area contributed by atoms with E-state index >= 15 is 0 Å². The third-order valence-corrected chi connectivity index (χ3v) is 5.72. The lowest BCUT2D eigenvalue weighted by Gasteiger charge is -2.23. The summed E-state index contributed by atoms with van der Waals surface area (Å²) < 4.78 is 25.5. The number of hydrogen-bond donors (Lipinski definition) is 1. The average molecular weight is 429 g/mol. The monoisotopic (exact) mass is 428 g/mol.